The molecule has 2 unspecified atom stereocenters. The monoisotopic (exact) mass is 258 g/mol. The Morgan fingerprint density at radius 2 is 2.00 bits per heavy atom. The minimum atomic E-state index is -0.932. The van der Waals surface area contributed by atoms with Crippen molar-refractivity contribution in [1.82, 2.24) is 10.6 Å². The number of hydrogen-bond donors (Lipinski definition) is 3. The SMILES string of the molecule is CC(C)(C)NCC(=O)NCC1CCC(C(=O)O)O1. The number of amides is 1. The first kappa shape index (κ1) is 14.9. The number of carboxylic acid groups (broad SMARTS) is 1. The molecule has 0 aliphatic carbocycles. The molecule has 0 bridgehead atoms. The standard InChI is InChI=1S/C12H22N2O4/c1-12(2,3)14-7-10(15)13-6-8-4-5-9(18-8)11(16)17/h8-9,14H,4-7H2,1-3H3,(H,13,15)(H,16,17). The molecular weight excluding hydrogens is 236 g/mol. The summed E-state index contributed by atoms with van der Waals surface area (Å²) in [6.45, 7) is 6.57. The van der Waals surface area contributed by atoms with E-state index in [1.165, 1.54) is 0 Å². The summed E-state index contributed by atoms with van der Waals surface area (Å²) in [5.74, 6) is -1.04. The van der Waals surface area contributed by atoms with Crippen LogP contribution in [0.1, 0.15) is 33.6 Å². The molecule has 3 N–H and O–H groups in total. The van der Waals surface area contributed by atoms with Gasteiger partial charge in [-0.3, -0.25) is 4.79 Å². The predicted octanol–water partition coefficient (Wildman–Crippen LogP) is 0.123. The van der Waals surface area contributed by atoms with E-state index in [1.807, 2.05) is 20.8 Å². The molecule has 1 saturated heterocycles. The van der Waals surface area contributed by atoms with Gasteiger partial charge in [-0.1, -0.05) is 0 Å². The number of carbonyl (C=O) groups is 2. The second-order valence-corrected chi connectivity index (χ2v) is 5.57. The molecule has 6 nitrogen and oxygen atoms in total. The van der Waals surface area contributed by atoms with Crippen LogP contribution in [0, 0.1) is 0 Å². The van der Waals surface area contributed by atoms with Crippen molar-refractivity contribution < 1.29 is 19.4 Å². The van der Waals surface area contributed by atoms with Gasteiger partial charge in [0, 0.05) is 12.1 Å². The van der Waals surface area contributed by atoms with Gasteiger partial charge in [-0.15, -0.1) is 0 Å². The molecule has 0 saturated carbocycles. The summed E-state index contributed by atoms with van der Waals surface area (Å²) in [4.78, 5) is 22.2. The lowest BCUT2D eigenvalue weighted by molar-refractivity contribution is -0.149. The molecule has 0 spiro atoms. The topological polar surface area (TPSA) is 87.7 Å². The summed E-state index contributed by atoms with van der Waals surface area (Å²) in [7, 11) is 0. The Kier molecular flexibility index (Phi) is 5.10. The maximum atomic E-state index is 11.5. The molecule has 0 aromatic heterocycles. The summed E-state index contributed by atoms with van der Waals surface area (Å²) < 4.78 is 5.28. The van der Waals surface area contributed by atoms with Gasteiger partial charge in [-0.05, 0) is 33.6 Å². The van der Waals surface area contributed by atoms with Crippen LogP contribution < -0.4 is 10.6 Å². The van der Waals surface area contributed by atoms with Gasteiger partial charge in [-0.25, -0.2) is 4.79 Å². The highest BCUT2D eigenvalue weighted by Gasteiger charge is 2.30. The maximum Gasteiger partial charge on any atom is 0.332 e. The third kappa shape index (κ3) is 5.46. The molecule has 2 atom stereocenters. The zero-order chi connectivity index (χ0) is 13.8. The Bertz CT molecular complexity index is 312. The van der Waals surface area contributed by atoms with E-state index >= 15 is 0 Å². The lowest BCUT2D eigenvalue weighted by Gasteiger charge is -2.20. The molecular formula is C12H22N2O4. The summed E-state index contributed by atoms with van der Waals surface area (Å²) in [5.41, 5.74) is -0.102. The van der Waals surface area contributed by atoms with Gasteiger partial charge in [0.1, 0.15) is 0 Å². The lowest BCUT2D eigenvalue weighted by atomic mass is 10.1. The third-order valence-electron chi connectivity index (χ3n) is 2.69. The molecule has 1 rings (SSSR count). The maximum absolute atomic E-state index is 11.5. The van der Waals surface area contributed by atoms with Crippen LogP contribution in [0.15, 0.2) is 0 Å². The molecule has 1 amide bonds. The molecule has 1 aliphatic heterocycles. The van der Waals surface area contributed by atoms with Crippen molar-refractivity contribution in [2.24, 2.45) is 0 Å². The Morgan fingerprint density at radius 3 is 2.50 bits per heavy atom. The van der Waals surface area contributed by atoms with Crippen LogP contribution in [-0.4, -0.2) is 47.8 Å². The molecule has 1 aliphatic rings. The number of aliphatic carboxylic acids is 1. The van der Waals surface area contributed by atoms with E-state index in [0.29, 0.717) is 19.4 Å². The average Bonchev–Trinajstić information content (AvgIpc) is 2.71. The van der Waals surface area contributed by atoms with Crippen LogP contribution in [0.25, 0.3) is 0 Å². The fourth-order valence-electron chi connectivity index (χ4n) is 1.67. The molecule has 0 radical (unpaired) electrons. The van der Waals surface area contributed by atoms with Crippen molar-refractivity contribution in [1.29, 1.82) is 0 Å². The zero-order valence-electron chi connectivity index (χ0n) is 11.2. The molecule has 104 valence electrons. The Hall–Kier alpha value is -1.14. The van der Waals surface area contributed by atoms with E-state index in [9.17, 15) is 9.59 Å². The molecule has 1 fully saturated rings. The van der Waals surface area contributed by atoms with Gasteiger partial charge in [0.25, 0.3) is 0 Å². The van der Waals surface area contributed by atoms with Gasteiger partial charge in [0.2, 0.25) is 5.91 Å². The van der Waals surface area contributed by atoms with E-state index in [0.717, 1.165) is 0 Å². The molecule has 0 aromatic rings. The van der Waals surface area contributed by atoms with Gasteiger partial charge in [0.15, 0.2) is 6.10 Å². The molecule has 6 heteroatoms. The second-order valence-electron chi connectivity index (χ2n) is 5.57. The van der Waals surface area contributed by atoms with Crippen molar-refractivity contribution in [2.45, 2.75) is 51.4 Å². The Morgan fingerprint density at radius 1 is 1.33 bits per heavy atom. The van der Waals surface area contributed by atoms with Crippen molar-refractivity contribution in [3.63, 3.8) is 0 Å². The number of carboxylic acids is 1. The quantitative estimate of drug-likeness (QED) is 0.652. The fraction of sp³-hybridized carbons (Fsp3) is 0.833. The summed E-state index contributed by atoms with van der Waals surface area (Å²) in [6.07, 6.45) is 0.268. The van der Waals surface area contributed by atoms with Gasteiger partial charge >= 0.3 is 5.97 Å². The first-order chi connectivity index (χ1) is 8.28. The smallest absolute Gasteiger partial charge is 0.332 e. The first-order valence-electron chi connectivity index (χ1n) is 6.18. The van der Waals surface area contributed by atoms with Crippen LogP contribution in [0.5, 0.6) is 0 Å². The van der Waals surface area contributed by atoms with Crippen LogP contribution in [-0.2, 0) is 14.3 Å². The number of nitrogens with one attached hydrogen (secondary N) is 2. The van der Waals surface area contributed by atoms with Crippen LogP contribution in [0.4, 0.5) is 0 Å². The van der Waals surface area contributed by atoms with Crippen LogP contribution in [0.2, 0.25) is 0 Å². The summed E-state index contributed by atoms with van der Waals surface area (Å²) >= 11 is 0. The fourth-order valence-corrected chi connectivity index (χ4v) is 1.67. The highest BCUT2D eigenvalue weighted by molar-refractivity contribution is 5.78. The van der Waals surface area contributed by atoms with Crippen molar-refractivity contribution in [3.05, 3.63) is 0 Å². The molecule has 1 heterocycles. The number of carbonyl (C=O) groups excluding carboxylic acids is 1. The van der Waals surface area contributed by atoms with Crippen molar-refractivity contribution >= 4 is 11.9 Å². The lowest BCUT2D eigenvalue weighted by Crippen LogP contribution is -2.44. The second kappa shape index (κ2) is 6.15. The van der Waals surface area contributed by atoms with Gasteiger partial charge in [0.05, 0.1) is 12.6 Å². The first-order valence-corrected chi connectivity index (χ1v) is 6.18. The Labute approximate surface area is 107 Å². The predicted molar refractivity (Wildman–Crippen MR) is 66.3 cm³/mol. The number of rotatable bonds is 5. The zero-order valence-corrected chi connectivity index (χ0v) is 11.2. The number of hydrogen-bond acceptors (Lipinski definition) is 4. The highest BCUT2D eigenvalue weighted by atomic mass is 16.5. The van der Waals surface area contributed by atoms with E-state index in [-0.39, 0.29) is 24.1 Å². The highest BCUT2D eigenvalue weighted by Crippen LogP contribution is 2.19. The van der Waals surface area contributed by atoms with Crippen LogP contribution >= 0.6 is 0 Å². The molecule has 18 heavy (non-hydrogen) atoms. The van der Waals surface area contributed by atoms with E-state index in [2.05, 4.69) is 10.6 Å². The normalized spacial score (nSPS) is 23.9. The summed E-state index contributed by atoms with van der Waals surface area (Å²) in [6, 6.07) is 0. The van der Waals surface area contributed by atoms with Gasteiger partial charge in [-0.2, -0.15) is 0 Å². The van der Waals surface area contributed by atoms with Gasteiger partial charge < -0.3 is 20.5 Å². The largest absolute Gasteiger partial charge is 0.479 e. The Balaban J connectivity index is 2.18. The minimum absolute atomic E-state index is 0.102. The van der Waals surface area contributed by atoms with E-state index in [1.54, 1.807) is 0 Å². The minimum Gasteiger partial charge on any atom is -0.479 e. The molecule has 0 aromatic carbocycles. The summed E-state index contributed by atoms with van der Waals surface area (Å²) in [5, 5.41) is 14.6. The van der Waals surface area contributed by atoms with Crippen molar-refractivity contribution in [3.8, 4) is 0 Å². The third-order valence-corrected chi connectivity index (χ3v) is 2.69. The van der Waals surface area contributed by atoms with E-state index < -0.39 is 12.1 Å². The average molecular weight is 258 g/mol. The van der Waals surface area contributed by atoms with E-state index in [4.69, 9.17) is 9.84 Å². The van der Waals surface area contributed by atoms with Crippen LogP contribution in [0.3, 0.4) is 0 Å². The van der Waals surface area contributed by atoms with Crippen molar-refractivity contribution in [2.75, 3.05) is 13.1 Å². The number of ether oxygens (including phenoxy) is 1.